The van der Waals surface area contributed by atoms with Crippen LogP contribution in [0.5, 0.6) is 0 Å². The van der Waals surface area contributed by atoms with E-state index in [-0.39, 0.29) is 5.95 Å². The van der Waals surface area contributed by atoms with Gasteiger partial charge in [0.2, 0.25) is 0 Å². The van der Waals surface area contributed by atoms with E-state index in [0.29, 0.717) is 45.7 Å². The van der Waals surface area contributed by atoms with Gasteiger partial charge in [0.15, 0.2) is 5.82 Å². The SMILES string of the molecule is CCc1nnc(-n2ncc3c(S(N)=O)cccc32)nc1NCc1cccc(B(O)O)c1. The molecule has 4 aromatic rings. The molecule has 0 aliphatic heterocycles. The van der Waals surface area contributed by atoms with Gasteiger partial charge in [-0.15, -0.1) is 10.2 Å². The van der Waals surface area contributed by atoms with Crippen LogP contribution in [0.2, 0.25) is 0 Å². The molecule has 1 unspecified atom stereocenters. The second kappa shape index (κ2) is 8.90. The van der Waals surface area contributed by atoms with Crippen molar-refractivity contribution in [3.05, 3.63) is 59.9 Å². The third-order valence-electron chi connectivity index (χ3n) is 4.77. The first-order chi connectivity index (χ1) is 15.0. The Balaban J connectivity index is 1.67. The van der Waals surface area contributed by atoms with E-state index in [9.17, 15) is 14.3 Å². The minimum absolute atomic E-state index is 0.259. The summed E-state index contributed by atoms with van der Waals surface area (Å²) in [5.74, 6) is 0.804. The summed E-state index contributed by atoms with van der Waals surface area (Å²) < 4.78 is 13.3. The van der Waals surface area contributed by atoms with Crippen molar-refractivity contribution in [3.63, 3.8) is 0 Å². The van der Waals surface area contributed by atoms with Gasteiger partial charge in [-0.2, -0.15) is 14.8 Å². The number of benzene rings is 2. The molecule has 12 heteroatoms. The third kappa shape index (κ3) is 4.32. The predicted molar refractivity (Wildman–Crippen MR) is 118 cm³/mol. The van der Waals surface area contributed by atoms with Gasteiger partial charge in [-0.3, -0.25) is 0 Å². The molecule has 0 spiro atoms. The van der Waals surface area contributed by atoms with Crippen molar-refractivity contribution in [1.29, 1.82) is 0 Å². The Bertz CT molecular complexity index is 1260. The van der Waals surface area contributed by atoms with Gasteiger partial charge in [-0.25, -0.2) is 9.35 Å². The molecule has 0 aliphatic carbocycles. The van der Waals surface area contributed by atoms with Gasteiger partial charge in [-0.05, 0) is 29.6 Å². The number of fused-ring (bicyclic) bond motifs is 1. The number of nitrogens with one attached hydrogen (secondary N) is 1. The van der Waals surface area contributed by atoms with Gasteiger partial charge < -0.3 is 15.4 Å². The Hall–Kier alpha value is -3.19. The lowest BCUT2D eigenvalue weighted by Gasteiger charge is -2.11. The summed E-state index contributed by atoms with van der Waals surface area (Å²) >= 11 is 0. The van der Waals surface area contributed by atoms with Gasteiger partial charge in [-0.1, -0.05) is 37.3 Å². The van der Waals surface area contributed by atoms with E-state index >= 15 is 0 Å². The summed E-state index contributed by atoms with van der Waals surface area (Å²) in [6.07, 6.45) is 2.19. The molecule has 4 rings (SSSR count). The minimum atomic E-state index is -1.64. The van der Waals surface area contributed by atoms with E-state index in [1.807, 2.05) is 19.1 Å². The first kappa shape index (κ1) is 21.1. The lowest BCUT2D eigenvalue weighted by Crippen LogP contribution is -2.30. The van der Waals surface area contributed by atoms with Crippen LogP contribution in [0.3, 0.4) is 0 Å². The fourth-order valence-corrected chi connectivity index (χ4v) is 3.80. The lowest BCUT2D eigenvalue weighted by atomic mass is 9.80. The van der Waals surface area contributed by atoms with Crippen LogP contribution >= 0.6 is 0 Å². The third-order valence-corrected chi connectivity index (χ3v) is 5.56. The molecule has 0 aliphatic rings. The lowest BCUT2D eigenvalue weighted by molar-refractivity contribution is 0.425. The van der Waals surface area contributed by atoms with Crippen molar-refractivity contribution in [3.8, 4) is 5.95 Å². The molecule has 10 nitrogen and oxygen atoms in total. The molecule has 31 heavy (non-hydrogen) atoms. The number of nitrogens with two attached hydrogens (primary N) is 1. The van der Waals surface area contributed by atoms with Crippen LogP contribution in [0.25, 0.3) is 16.9 Å². The van der Waals surface area contributed by atoms with Crippen molar-refractivity contribution < 1.29 is 14.3 Å². The highest BCUT2D eigenvalue weighted by molar-refractivity contribution is 7.83. The average molecular weight is 437 g/mol. The number of anilines is 1. The maximum absolute atomic E-state index is 11.8. The van der Waals surface area contributed by atoms with E-state index < -0.39 is 18.1 Å². The number of rotatable bonds is 7. The van der Waals surface area contributed by atoms with E-state index in [4.69, 9.17) is 5.14 Å². The molecule has 2 heterocycles. The Kier molecular flexibility index (Phi) is 6.05. The Labute approximate surface area is 180 Å². The summed E-state index contributed by atoms with van der Waals surface area (Å²) in [6.45, 7) is 2.35. The van der Waals surface area contributed by atoms with Crippen LogP contribution in [-0.2, 0) is 24.0 Å². The van der Waals surface area contributed by atoms with Gasteiger partial charge in [0.05, 0.1) is 16.6 Å². The second-order valence-electron chi connectivity index (χ2n) is 6.78. The van der Waals surface area contributed by atoms with Crippen LogP contribution < -0.4 is 15.9 Å². The van der Waals surface area contributed by atoms with Gasteiger partial charge in [0, 0.05) is 11.9 Å². The zero-order chi connectivity index (χ0) is 22.0. The maximum atomic E-state index is 11.8. The number of aryl methyl sites for hydroxylation is 1. The second-order valence-corrected chi connectivity index (χ2v) is 7.81. The van der Waals surface area contributed by atoms with Crippen LogP contribution in [0.4, 0.5) is 5.82 Å². The van der Waals surface area contributed by atoms with Crippen LogP contribution in [0, 0.1) is 0 Å². The highest BCUT2D eigenvalue weighted by atomic mass is 32.2. The summed E-state index contributed by atoms with van der Waals surface area (Å²) in [4.78, 5) is 5.07. The molecule has 158 valence electrons. The van der Waals surface area contributed by atoms with Crippen LogP contribution in [0.15, 0.2) is 53.6 Å². The molecule has 0 bridgehead atoms. The van der Waals surface area contributed by atoms with Crippen LogP contribution in [0.1, 0.15) is 18.2 Å². The van der Waals surface area contributed by atoms with Crippen molar-refractivity contribution in [2.45, 2.75) is 24.8 Å². The first-order valence-corrected chi connectivity index (χ1v) is 10.7. The molecule has 2 aromatic heterocycles. The van der Waals surface area contributed by atoms with E-state index in [1.54, 1.807) is 36.5 Å². The Morgan fingerprint density at radius 1 is 1.19 bits per heavy atom. The van der Waals surface area contributed by atoms with Crippen molar-refractivity contribution in [2.24, 2.45) is 5.14 Å². The first-order valence-electron chi connectivity index (χ1n) is 9.53. The smallest absolute Gasteiger partial charge is 0.423 e. The summed E-state index contributed by atoms with van der Waals surface area (Å²) in [5.41, 5.74) is 2.61. The predicted octanol–water partition coefficient (Wildman–Crippen LogP) is 0.0461. The molecule has 0 saturated heterocycles. The van der Waals surface area contributed by atoms with Crippen molar-refractivity contribution in [2.75, 3.05) is 5.32 Å². The fraction of sp³-hybridized carbons (Fsp3) is 0.158. The van der Waals surface area contributed by atoms with Gasteiger partial charge in [0.1, 0.15) is 16.7 Å². The largest absolute Gasteiger partial charge is 0.488 e. The molecule has 5 N–H and O–H groups in total. The molecule has 1 atom stereocenters. The van der Waals surface area contributed by atoms with E-state index in [0.717, 1.165) is 5.56 Å². The van der Waals surface area contributed by atoms with Gasteiger partial charge >= 0.3 is 7.12 Å². The maximum Gasteiger partial charge on any atom is 0.488 e. The quantitative estimate of drug-likeness (QED) is 0.296. The zero-order valence-electron chi connectivity index (χ0n) is 16.6. The van der Waals surface area contributed by atoms with E-state index in [1.165, 1.54) is 4.68 Å². The molecule has 0 amide bonds. The molecule has 0 saturated carbocycles. The summed E-state index contributed by atoms with van der Waals surface area (Å²) in [6, 6.07) is 12.2. The minimum Gasteiger partial charge on any atom is -0.423 e. The van der Waals surface area contributed by atoms with Gasteiger partial charge in [0.25, 0.3) is 5.95 Å². The number of hydrogen-bond acceptors (Lipinski definition) is 8. The topological polar surface area (TPSA) is 152 Å². The molecule has 0 radical (unpaired) electrons. The Morgan fingerprint density at radius 2 is 2.00 bits per heavy atom. The highest BCUT2D eigenvalue weighted by Crippen LogP contribution is 2.22. The van der Waals surface area contributed by atoms with Crippen molar-refractivity contribution >= 4 is 40.3 Å². The monoisotopic (exact) mass is 437 g/mol. The summed E-state index contributed by atoms with van der Waals surface area (Å²) in [7, 11) is -3.17. The summed E-state index contributed by atoms with van der Waals surface area (Å²) in [5, 5.41) is 41.0. The van der Waals surface area contributed by atoms with Crippen LogP contribution in [-0.4, -0.2) is 46.3 Å². The number of nitrogens with zero attached hydrogens (tertiary/aromatic N) is 5. The number of aromatic nitrogens is 5. The molecule has 2 aromatic carbocycles. The standard InChI is InChI=1S/C19H20BN7O3S/c1-2-15-18(22-10-12-5-3-6-13(9-12)20(28)29)24-19(26-25-15)27-16-7-4-8-17(31(21)30)14(16)11-23-27/h3-9,11,28-29H,2,10,21H2,1H3,(H,22,24,26). The van der Waals surface area contributed by atoms with Crippen molar-refractivity contribution in [1.82, 2.24) is 25.0 Å². The normalized spacial score (nSPS) is 12.1. The van der Waals surface area contributed by atoms with E-state index in [2.05, 4.69) is 25.6 Å². The zero-order valence-corrected chi connectivity index (χ0v) is 17.5. The highest BCUT2D eigenvalue weighted by Gasteiger charge is 2.16. The molecular weight excluding hydrogens is 417 g/mol. The molecular formula is C19H20BN7O3S. The Morgan fingerprint density at radius 3 is 2.74 bits per heavy atom. The fourth-order valence-electron chi connectivity index (χ4n) is 3.22. The molecule has 0 fully saturated rings. The average Bonchev–Trinajstić information content (AvgIpc) is 3.21. The number of hydrogen-bond donors (Lipinski definition) is 4.